The maximum atomic E-state index is 5.83. The average molecular weight is 208 g/mol. The molecule has 5 heteroatoms. The van der Waals surface area contributed by atoms with Crippen LogP contribution in [0.4, 0.5) is 5.82 Å². The van der Waals surface area contributed by atoms with Crippen LogP contribution in [0.25, 0.3) is 0 Å². The van der Waals surface area contributed by atoms with E-state index < -0.39 is 0 Å². The minimum absolute atomic E-state index is 0.163. The van der Waals surface area contributed by atoms with Gasteiger partial charge in [0.15, 0.2) is 0 Å². The minimum Gasteiger partial charge on any atom is -0.384 e. The van der Waals surface area contributed by atoms with Gasteiger partial charge in [-0.25, -0.2) is 4.68 Å². The second-order valence-electron chi connectivity index (χ2n) is 3.23. The number of rotatable bonds is 2. The number of thiazole rings is 1. The minimum atomic E-state index is 0.163. The van der Waals surface area contributed by atoms with E-state index in [1.165, 1.54) is 4.88 Å². The maximum Gasteiger partial charge on any atom is 0.122 e. The Morgan fingerprint density at radius 1 is 1.57 bits per heavy atom. The molecule has 0 radical (unpaired) electrons. The van der Waals surface area contributed by atoms with E-state index in [0.29, 0.717) is 5.82 Å². The molecule has 14 heavy (non-hydrogen) atoms. The SMILES string of the molecule is Cc1cc(N)n(C(C)c2cncs2)n1. The summed E-state index contributed by atoms with van der Waals surface area (Å²) < 4.78 is 1.82. The van der Waals surface area contributed by atoms with Gasteiger partial charge in [-0.3, -0.25) is 4.98 Å². The standard InChI is InChI=1S/C9H12N4S/c1-6-3-9(10)13(12-6)7(2)8-4-11-5-14-8/h3-5,7H,10H2,1-2H3. The second kappa shape index (κ2) is 3.42. The first kappa shape index (κ1) is 9.21. The summed E-state index contributed by atoms with van der Waals surface area (Å²) in [6.45, 7) is 4.00. The fourth-order valence-corrected chi connectivity index (χ4v) is 2.06. The number of aryl methyl sites for hydroxylation is 1. The highest BCUT2D eigenvalue weighted by atomic mass is 32.1. The van der Waals surface area contributed by atoms with Crippen LogP contribution in [0.3, 0.4) is 0 Å². The van der Waals surface area contributed by atoms with Crippen LogP contribution >= 0.6 is 11.3 Å². The summed E-state index contributed by atoms with van der Waals surface area (Å²) in [5, 5.41) is 4.34. The zero-order chi connectivity index (χ0) is 10.1. The van der Waals surface area contributed by atoms with Crippen molar-refractivity contribution in [1.82, 2.24) is 14.8 Å². The lowest BCUT2D eigenvalue weighted by atomic mass is 10.3. The first-order valence-electron chi connectivity index (χ1n) is 4.38. The van der Waals surface area contributed by atoms with Gasteiger partial charge in [0.05, 0.1) is 17.2 Å². The molecule has 2 aromatic heterocycles. The van der Waals surface area contributed by atoms with Crippen molar-refractivity contribution >= 4 is 17.2 Å². The molecule has 2 heterocycles. The third-order valence-electron chi connectivity index (χ3n) is 2.12. The normalized spacial score (nSPS) is 13.0. The topological polar surface area (TPSA) is 56.7 Å². The molecule has 0 aliphatic carbocycles. The molecule has 0 aliphatic heterocycles. The molecular formula is C9H12N4S. The third-order valence-corrected chi connectivity index (χ3v) is 3.06. The lowest BCUT2D eigenvalue weighted by molar-refractivity contribution is 0.576. The summed E-state index contributed by atoms with van der Waals surface area (Å²) in [6.07, 6.45) is 1.85. The first-order valence-corrected chi connectivity index (χ1v) is 5.26. The molecule has 0 saturated carbocycles. The Labute approximate surface area is 86.4 Å². The molecule has 1 unspecified atom stereocenters. The van der Waals surface area contributed by atoms with E-state index in [0.717, 1.165) is 5.69 Å². The second-order valence-corrected chi connectivity index (χ2v) is 4.15. The van der Waals surface area contributed by atoms with Crippen LogP contribution < -0.4 is 5.73 Å². The van der Waals surface area contributed by atoms with Crippen LogP contribution in [-0.2, 0) is 0 Å². The van der Waals surface area contributed by atoms with Gasteiger partial charge in [0.25, 0.3) is 0 Å². The van der Waals surface area contributed by atoms with Gasteiger partial charge >= 0.3 is 0 Å². The fourth-order valence-electron chi connectivity index (χ4n) is 1.40. The predicted molar refractivity (Wildman–Crippen MR) is 57.3 cm³/mol. The van der Waals surface area contributed by atoms with Crippen molar-refractivity contribution < 1.29 is 0 Å². The summed E-state index contributed by atoms with van der Waals surface area (Å²) in [5.41, 5.74) is 8.59. The molecule has 1 atom stereocenters. The Morgan fingerprint density at radius 3 is 2.86 bits per heavy atom. The van der Waals surface area contributed by atoms with E-state index in [1.807, 2.05) is 29.4 Å². The van der Waals surface area contributed by atoms with Crippen molar-refractivity contribution in [1.29, 1.82) is 0 Å². The molecule has 2 aromatic rings. The molecular weight excluding hydrogens is 196 g/mol. The number of nitrogens with two attached hydrogens (primary N) is 1. The van der Waals surface area contributed by atoms with Gasteiger partial charge in [-0.15, -0.1) is 11.3 Å². The van der Waals surface area contributed by atoms with E-state index in [1.54, 1.807) is 11.3 Å². The highest BCUT2D eigenvalue weighted by molar-refractivity contribution is 7.09. The molecule has 0 fully saturated rings. The summed E-state index contributed by atoms with van der Waals surface area (Å²) in [7, 11) is 0. The van der Waals surface area contributed by atoms with Crippen LogP contribution in [-0.4, -0.2) is 14.8 Å². The van der Waals surface area contributed by atoms with Gasteiger partial charge in [-0.2, -0.15) is 5.10 Å². The van der Waals surface area contributed by atoms with Crippen molar-refractivity contribution in [2.45, 2.75) is 19.9 Å². The molecule has 0 bridgehead atoms. The Kier molecular flexibility index (Phi) is 2.25. The quantitative estimate of drug-likeness (QED) is 0.819. The van der Waals surface area contributed by atoms with Crippen LogP contribution in [0, 0.1) is 6.92 Å². The van der Waals surface area contributed by atoms with Crippen LogP contribution in [0.1, 0.15) is 23.5 Å². The van der Waals surface area contributed by atoms with E-state index in [4.69, 9.17) is 5.73 Å². The van der Waals surface area contributed by atoms with E-state index in [9.17, 15) is 0 Å². The number of nitrogens with zero attached hydrogens (tertiary/aromatic N) is 3. The Morgan fingerprint density at radius 2 is 2.36 bits per heavy atom. The van der Waals surface area contributed by atoms with Crippen molar-refractivity contribution in [2.24, 2.45) is 0 Å². The van der Waals surface area contributed by atoms with E-state index in [2.05, 4.69) is 17.0 Å². The molecule has 0 spiro atoms. The number of hydrogen-bond acceptors (Lipinski definition) is 4. The molecule has 2 rings (SSSR count). The smallest absolute Gasteiger partial charge is 0.122 e. The largest absolute Gasteiger partial charge is 0.384 e. The highest BCUT2D eigenvalue weighted by Crippen LogP contribution is 2.23. The number of nitrogen functional groups attached to an aromatic ring is 1. The van der Waals surface area contributed by atoms with Crippen LogP contribution in [0.15, 0.2) is 17.8 Å². The Bertz CT molecular complexity index is 418. The molecule has 2 N–H and O–H groups in total. The van der Waals surface area contributed by atoms with Gasteiger partial charge in [-0.05, 0) is 13.8 Å². The predicted octanol–water partition coefficient (Wildman–Crippen LogP) is 1.84. The highest BCUT2D eigenvalue weighted by Gasteiger charge is 2.13. The summed E-state index contributed by atoms with van der Waals surface area (Å²) in [5.74, 6) is 0.698. The fraction of sp³-hybridized carbons (Fsp3) is 0.333. The lowest BCUT2D eigenvalue weighted by Gasteiger charge is -2.10. The molecule has 4 nitrogen and oxygen atoms in total. The van der Waals surface area contributed by atoms with Crippen molar-refractivity contribution in [3.05, 3.63) is 28.3 Å². The van der Waals surface area contributed by atoms with Gasteiger partial charge in [0.1, 0.15) is 5.82 Å². The molecule has 0 saturated heterocycles. The number of anilines is 1. The Hall–Kier alpha value is -1.36. The van der Waals surface area contributed by atoms with E-state index >= 15 is 0 Å². The van der Waals surface area contributed by atoms with Gasteiger partial charge < -0.3 is 5.73 Å². The zero-order valence-corrected chi connectivity index (χ0v) is 8.95. The summed E-state index contributed by atoms with van der Waals surface area (Å²) in [6, 6.07) is 2.04. The number of hydrogen-bond donors (Lipinski definition) is 1. The molecule has 74 valence electrons. The lowest BCUT2D eigenvalue weighted by Crippen LogP contribution is -2.10. The summed E-state index contributed by atoms with van der Waals surface area (Å²) >= 11 is 1.62. The van der Waals surface area contributed by atoms with Crippen molar-refractivity contribution in [3.8, 4) is 0 Å². The Balaban J connectivity index is 2.36. The first-order chi connectivity index (χ1) is 6.68. The van der Waals surface area contributed by atoms with Crippen LogP contribution in [0.5, 0.6) is 0 Å². The number of aromatic nitrogens is 3. The maximum absolute atomic E-state index is 5.83. The molecule has 0 amide bonds. The van der Waals surface area contributed by atoms with Crippen molar-refractivity contribution in [3.63, 3.8) is 0 Å². The molecule has 0 aliphatic rings. The van der Waals surface area contributed by atoms with Crippen LogP contribution in [0.2, 0.25) is 0 Å². The van der Waals surface area contributed by atoms with Crippen molar-refractivity contribution in [2.75, 3.05) is 5.73 Å². The summed E-state index contributed by atoms with van der Waals surface area (Å²) in [4.78, 5) is 5.21. The van der Waals surface area contributed by atoms with Gasteiger partial charge in [0.2, 0.25) is 0 Å². The third kappa shape index (κ3) is 1.50. The zero-order valence-electron chi connectivity index (χ0n) is 8.14. The average Bonchev–Trinajstić information content (AvgIpc) is 2.73. The van der Waals surface area contributed by atoms with E-state index in [-0.39, 0.29) is 6.04 Å². The van der Waals surface area contributed by atoms with Gasteiger partial charge in [-0.1, -0.05) is 0 Å². The molecule has 0 aromatic carbocycles. The van der Waals surface area contributed by atoms with Gasteiger partial charge in [0, 0.05) is 17.1 Å². The monoisotopic (exact) mass is 208 g/mol.